The minimum absolute atomic E-state index is 0.0703. The van der Waals surface area contributed by atoms with E-state index in [0.717, 1.165) is 10.9 Å². The maximum atomic E-state index is 13.2. The zero-order valence-corrected chi connectivity index (χ0v) is 20.3. The Kier molecular flexibility index (Phi) is 7.37. The van der Waals surface area contributed by atoms with Crippen LogP contribution in [0.2, 0.25) is 0 Å². The van der Waals surface area contributed by atoms with E-state index in [-0.39, 0.29) is 35.1 Å². The SMILES string of the molecule is CC[C@H](C)c1nc2ccc(Br)cc2c(=O)n1N=Cc1cc(Br)cc([N+](=O)[O-])c1OCC#N. The van der Waals surface area contributed by atoms with E-state index in [1.54, 1.807) is 24.3 Å². The molecule has 164 valence electrons. The third-order valence-corrected chi connectivity index (χ3v) is 5.69. The first-order valence-electron chi connectivity index (χ1n) is 9.51. The Balaban J connectivity index is 2.24. The van der Waals surface area contributed by atoms with Crippen LogP contribution in [0, 0.1) is 21.4 Å². The van der Waals surface area contributed by atoms with Crippen molar-refractivity contribution in [3.05, 3.63) is 71.1 Å². The molecular formula is C21H17Br2N5O4. The number of aromatic nitrogens is 2. The van der Waals surface area contributed by atoms with Crippen molar-refractivity contribution in [2.75, 3.05) is 6.61 Å². The zero-order valence-electron chi connectivity index (χ0n) is 17.1. The van der Waals surface area contributed by atoms with Crippen LogP contribution in [0.4, 0.5) is 5.69 Å². The summed E-state index contributed by atoms with van der Waals surface area (Å²) in [6.45, 7) is 3.53. The van der Waals surface area contributed by atoms with Crippen molar-refractivity contribution >= 4 is 54.7 Å². The summed E-state index contributed by atoms with van der Waals surface area (Å²) in [5.74, 6) is 0.282. The van der Waals surface area contributed by atoms with Gasteiger partial charge in [0.25, 0.3) is 5.56 Å². The first-order valence-corrected chi connectivity index (χ1v) is 11.1. The minimum Gasteiger partial charge on any atom is -0.471 e. The number of hydrogen-bond donors (Lipinski definition) is 0. The number of nitrogens with zero attached hydrogens (tertiary/aromatic N) is 5. The fraction of sp³-hybridized carbons (Fsp3) is 0.238. The average molecular weight is 563 g/mol. The standard InChI is InChI=1S/C21H17Br2N5O4/c1-3-12(2)20-26-17-5-4-14(22)9-16(17)21(29)27(20)25-11-13-8-15(23)10-18(28(30)31)19(13)32-7-6-24/h4-5,8-12H,3,7H2,1-2H3/t12-/m0/s1. The summed E-state index contributed by atoms with van der Waals surface area (Å²) >= 11 is 6.61. The second-order valence-electron chi connectivity index (χ2n) is 6.85. The van der Waals surface area contributed by atoms with Gasteiger partial charge in [-0.25, -0.2) is 4.98 Å². The minimum atomic E-state index is -0.610. The topological polar surface area (TPSA) is 123 Å². The highest BCUT2D eigenvalue weighted by atomic mass is 79.9. The van der Waals surface area contributed by atoms with Crippen LogP contribution in [0.1, 0.15) is 37.6 Å². The third kappa shape index (κ3) is 4.87. The van der Waals surface area contributed by atoms with Gasteiger partial charge in [0.15, 0.2) is 6.61 Å². The van der Waals surface area contributed by atoms with E-state index >= 15 is 0 Å². The highest BCUT2D eigenvalue weighted by Crippen LogP contribution is 2.34. The number of nitriles is 1. The quantitative estimate of drug-likeness (QED) is 0.223. The van der Waals surface area contributed by atoms with Crippen LogP contribution in [-0.2, 0) is 0 Å². The molecule has 0 saturated carbocycles. The van der Waals surface area contributed by atoms with Crippen molar-refractivity contribution in [3.8, 4) is 11.8 Å². The van der Waals surface area contributed by atoms with Crippen molar-refractivity contribution in [1.82, 2.24) is 9.66 Å². The lowest BCUT2D eigenvalue weighted by atomic mass is 10.1. The average Bonchev–Trinajstić information content (AvgIpc) is 2.76. The Morgan fingerprint density at radius 3 is 2.75 bits per heavy atom. The molecule has 0 unspecified atom stereocenters. The molecule has 0 spiro atoms. The number of rotatable bonds is 7. The molecule has 0 amide bonds. The molecule has 0 aliphatic heterocycles. The molecule has 1 heterocycles. The van der Waals surface area contributed by atoms with Gasteiger partial charge in [0.1, 0.15) is 11.9 Å². The first-order chi connectivity index (χ1) is 15.3. The van der Waals surface area contributed by atoms with Crippen molar-refractivity contribution in [2.45, 2.75) is 26.2 Å². The van der Waals surface area contributed by atoms with Gasteiger partial charge in [0, 0.05) is 26.5 Å². The monoisotopic (exact) mass is 561 g/mol. The molecule has 1 atom stereocenters. The number of halogens is 2. The second-order valence-corrected chi connectivity index (χ2v) is 8.68. The summed E-state index contributed by atoms with van der Waals surface area (Å²) in [6.07, 6.45) is 2.02. The summed E-state index contributed by atoms with van der Waals surface area (Å²) in [4.78, 5) is 28.7. The van der Waals surface area contributed by atoms with Crippen LogP contribution in [-0.4, -0.2) is 27.4 Å². The smallest absolute Gasteiger partial charge is 0.312 e. The van der Waals surface area contributed by atoms with Crippen LogP contribution in [0.25, 0.3) is 10.9 Å². The van der Waals surface area contributed by atoms with E-state index < -0.39 is 4.92 Å². The van der Waals surface area contributed by atoms with Gasteiger partial charge in [0.05, 0.1) is 22.0 Å². The van der Waals surface area contributed by atoms with Crippen LogP contribution in [0.5, 0.6) is 5.75 Å². The van der Waals surface area contributed by atoms with Gasteiger partial charge < -0.3 is 4.74 Å². The van der Waals surface area contributed by atoms with Crippen LogP contribution in [0.15, 0.2) is 49.2 Å². The summed E-state index contributed by atoms with van der Waals surface area (Å²) in [7, 11) is 0. The summed E-state index contributed by atoms with van der Waals surface area (Å²) < 4.78 is 7.66. The molecule has 3 aromatic rings. The summed E-state index contributed by atoms with van der Waals surface area (Å²) in [5, 5.41) is 25.0. The molecule has 2 aromatic carbocycles. The molecule has 0 aliphatic rings. The fourth-order valence-electron chi connectivity index (χ4n) is 2.99. The number of nitro benzene ring substituents is 1. The van der Waals surface area contributed by atoms with Crippen molar-refractivity contribution < 1.29 is 9.66 Å². The van der Waals surface area contributed by atoms with E-state index in [2.05, 4.69) is 41.9 Å². The van der Waals surface area contributed by atoms with E-state index in [1.165, 1.54) is 17.0 Å². The van der Waals surface area contributed by atoms with Crippen molar-refractivity contribution in [1.29, 1.82) is 5.26 Å². The Hall–Kier alpha value is -3.10. The number of nitro groups is 1. The zero-order chi connectivity index (χ0) is 23.4. The highest BCUT2D eigenvalue weighted by Gasteiger charge is 2.21. The second kappa shape index (κ2) is 10.0. The van der Waals surface area contributed by atoms with E-state index in [1.807, 2.05) is 19.9 Å². The number of benzene rings is 2. The number of hydrogen-bond acceptors (Lipinski definition) is 7. The van der Waals surface area contributed by atoms with Gasteiger partial charge in [0.2, 0.25) is 5.75 Å². The molecule has 0 radical (unpaired) electrons. The molecule has 1 aromatic heterocycles. The van der Waals surface area contributed by atoms with Gasteiger partial charge in [-0.15, -0.1) is 0 Å². The Labute approximate surface area is 199 Å². The highest BCUT2D eigenvalue weighted by molar-refractivity contribution is 9.10. The maximum Gasteiger partial charge on any atom is 0.312 e. The Bertz CT molecular complexity index is 1330. The predicted molar refractivity (Wildman–Crippen MR) is 127 cm³/mol. The van der Waals surface area contributed by atoms with Crippen molar-refractivity contribution in [2.24, 2.45) is 5.10 Å². The van der Waals surface area contributed by atoms with Gasteiger partial charge in [-0.3, -0.25) is 14.9 Å². The van der Waals surface area contributed by atoms with Crippen molar-refractivity contribution in [3.63, 3.8) is 0 Å². The van der Waals surface area contributed by atoms with Gasteiger partial charge in [-0.05, 0) is 30.7 Å². The Morgan fingerprint density at radius 1 is 1.34 bits per heavy atom. The third-order valence-electron chi connectivity index (χ3n) is 4.74. The van der Waals surface area contributed by atoms with Gasteiger partial charge in [-0.2, -0.15) is 15.0 Å². The molecule has 0 aliphatic carbocycles. The largest absolute Gasteiger partial charge is 0.471 e. The first kappa shape index (κ1) is 23.6. The van der Waals surface area contributed by atoms with Gasteiger partial charge in [-0.1, -0.05) is 45.7 Å². The van der Waals surface area contributed by atoms with Crippen LogP contribution in [0.3, 0.4) is 0 Å². The Morgan fingerprint density at radius 2 is 2.09 bits per heavy atom. The van der Waals surface area contributed by atoms with Crippen LogP contribution >= 0.6 is 31.9 Å². The lowest BCUT2D eigenvalue weighted by molar-refractivity contribution is -0.385. The molecule has 32 heavy (non-hydrogen) atoms. The molecule has 0 bridgehead atoms. The summed E-state index contributed by atoms with van der Waals surface area (Å²) in [5.41, 5.74) is 0.0896. The maximum absolute atomic E-state index is 13.2. The lowest BCUT2D eigenvalue weighted by Crippen LogP contribution is -2.23. The van der Waals surface area contributed by atoms with E-state index in [0.29, 0.717) is 21.2 Å². The molecule has 0 fully saturated rings. The molecular weight excluding hydrogens is 546 g/mol. The number of fused-ring (bicyclic) bond motifs is 1. The van der Waals surface area contributed by atoms with E-state index in [9.17, 15) is 14.9 Å². The molecule has 0 N–H and O–H groups in total. The van der Waals surface area contributed by atoms with E-state index in [4.69, 9.17) is 10.00 Å². The number of ether oxygens (including phenoxy) is 1. The summed E-state index contributed by atoms with van der Waals surface area (Å²) in [6, 6.07) is 9.86. The molecule has 3 rings (SSSR count). The fourth-order valence-corrected chi connectivity index (χ4v) is 3.82. The molecule has 0 saturated heterocycles. The predicted octanol–water partition coefficient (Wildman–Crippen LogP) is 5.13. The van der Waals surface area contributed by atoms with Gasteiger partial charge >= 0.3 is 5.69 Å². The molecule has 11 heteroatoms. The molecule has 9 nitrogen and oxygen atoms in total. The normalized spacial score (nSPS) is 12.1. The van der Waals surface area contributed by atoms with Crippen LogP contribution < -0.4 is 10.3 Å². The lowest BCUT2D eigenvalue weighted by Gasteiger charge is -2.14.